The number of benzene rings is 1. The van der Waals surface area contributed by atoms with Crippen molar-refractivity contribution in [2.24, 2.45) is 12.8 Å². The highest BCUT2D eigenvalue weighted by molar-refractivity contribution is 6.31. The molecule has 1 aromatic heterocycles. The van der Waals surface area contributed by atoms with E-state index in [9.17, 15) is 0 Å². The summed E-state index contributed by atoms with van der Waals surface area (Å²) in [6, 6.07) is 7.58. The molecule has 0 spiro atoms. The van der Waals surface area contributed by atoms with E-state index in [1.807, 2.05) is 45.2 Å². The fourth-order valence-electron chi connectivity index (χ4n) is 2.15. The molecule has 0 fully saturated rings. The van der Waals surface area contributed by atoms with Gasteiger partial charge in [-0.25, -0.2) is 0 Å². The van der Waals surface area contributed by atoms with Crippen LogP contribution < -0.4 is 5.73 Å². The lowest BCUT2D eigenvalue weighted by atomic mass is 9.88. The van der Waals surface area contributed by atoms with Crippen molar-refractivity contribution < 1.29 is 0 Å². The molecule has 0 aliphatic rings. The number of hydrogen-bond acceptors (Lipinski definition) is 2. The van der Waals surface area contributed by atoms with Crippen LogP contribution in [0.15, 0.2) is 24.3 Å². The molecule has 0 saturated carbocycles. The van der Waals surface area contributed by atoms with E-state index in [4.69, 9.17) is 28.9 Å². The van der Waals surface area contributed by atoms with E-state index in [2.05, 4.69) is 5.10 Å². The van der Waals surface area contributed by atoms with E-state index >= 15 is 0 Å². The maximum Gasteiger partial charge on any atom is 0.0847 e. The quantitative estimate of drug-likeness (QED) is 0.943. The zero-order chi connectivity index (χ0) is 14.2. The lowest BCUT2D eigenvalue weighted by Crippen LogP contribution is -2.36. The fraction of sp³-hybridized carbons (Fsp3) is 0.357. The fourth-order valence-corrected chi connectivity index (χ4v) is 2.51. The zero-order valence-electron chi connectivity index (χ0n) is 11.2. The summed E-state index contributed by atoms with van der Waals surface area (Å²) in [4.78, 5) is 0. The van der Waals surface area contributed by atoms with Gasteiger partial charge in [-0.15, -0.1) is 0 Å². The van der Waals surface area contributed by atoms with Crippen LogP contribution >= 0.6 is 23.2 Å². The minimum atomic E-state index is -0.519. The van der Waals surface area contributed by atoms with Crippen LogP contribution in [0.3, 0.4) is 0 Å². The summed E-state index contributed by atoms with van der Waals surface area (Å²) < 4.78 is 1.79. The Morgan fingerprint density at radius 2 is 1.84 bits per heavy atom. The van der Waals surface area contributed by atoms with Crippen molar-refractivity contribution in [2.45, 2.75) is 25.8 Å². The highest BCUT2D eigenvalue weighted by Crippen LogP contribution is 2.28. The Balaban J connectivity index is 2.33. The third-order valence-electron chi connectivity index (χ3n) is 3.30. The Morgan fingerprint density at radius 1 is 1.26 bits per heavy atom. The monoisotopic (exact) mass is 297 g/mol. The standard InChI is InChI=1S/C14H17Cl2N3/c1-9-13(16)12(19(3)18-9)8-14(2,17)10-4-6-11(15)7-5-10/h4-7H,8,17H2,1-3H3. The first-order valence-electron chi connectivity index (χ1n) is 6.04. The number of nitrogens with two attached hydrogens (primary N) is 1. The zero-order valence-corrected chi connectivity index (χ0v) is 12.8. The highest BCUT2D eigenvalue weighted by atomic mass is 35.5. The smallest absolute Gasteiger partial charge is 0.0847 e. The molecule has 19 heavy (non-hydrogen) atoms. The number of hydrogen-bond donors (Lipinski definition) is 1. The molecule has 0 aliphatic carbocycles. The van der Waals surface area contributed by atoms with Gasteiger partial charge in [0.25, 0.3) is 0 Å². The summed E-state index contributed by atoms with van der Waals surface area (Å²) in [7, 11) is 1.88. The van der Waals surface area contributed by atoms with Crippen LogP contribution in [0.2, 0.25) is 10.0 Å². The third-order valence-corrected chi connectivity index (χ3v) is 4.04. The molecular formula is C14H17Cl2N3. The first-order chi connectivity index (χ1) is 8.81. The molecule has 0 aliphatic heterocycles. The molecule has 2 aromatic rings. The van der Waals surface area contributed by atoms with Crippen molar-refractivity contribution >= 4 is 23.2 Å². The van der Waals surface area contributed by atoms with Gasteiger partial charge in [-0.2, -0.15) is 5.10 Å². The predicted molar refractivity (Wildman–Crippen MR) is 79.7 cm³/mol. The summed E-state index contributed by atoms with van der Waals surface area (Å²) in [5.74, 6) is 0. The lowest BCUT2D eigenvalue weighted by Gasteiger charge is -2.25. The number of halogens is 2. The van der Waals surface area contributed by atoms with Gasteiger partial charge >= 0.3 is 0 Å². The number of rotatable bonds is 3. The Bertz CT molecular complexity index is 585. The largest absolute Gasteiger partial charge is 0.321 e. The van der Waals surface area contributed by atoms with Gasteiger partial charge in [-0.05, 0) is 31.5 Å². The van der Waals surface area contributed by atoms with Crippen molar-refractivity contribution in [1.29, 1.82) is 0 Å². The van der Waals surface area contributed by atoms with Crippen LogP contribution in [0, 0.1) is 6.92 Å². The summed E-state index contributed by atoms with van der Waals surface area (Å²) >= 11 is 12.2. The van der Waals surface area contributed by atoms with Crippen LogP contribution in [0.4, 0.5) is 0 Å². The van der Waals surface area contributed by atoms with Gasteiger partial charge in [0.15, 0.2) is 0 Å². The summed E-state index contributed by atoms with van der Waals surface area (Å²) in [5.41, 5.74) is 8.69. The van der Waals surface area contributed by atoms with Crippen LogP contribution in [0.25, 0.3) is 0 Å². The van der Waals surface area contributed by atoms with E-state index in [1.54, 1.807) is 4.68 Å². The second kappa shape index (κ2) is 5.16. The molecule has 1 heterocycles. The van der Waals surface area contributed by atoms with Crippen LogP contribution in [-0.4, -0.2) is 9.78 Å². The molecule has 0 amide bonds. The minimum Gasteiger partial charge on any atom is -0.321 e. The van der Waals surface area contributed by atoms with Gasteiger partial charge in [0.2, 0.25) is 0 Å². The highest BCUT2D eigenvalue weighted by Gasteiger charge is 2.25. The Morgan fingerprint density at radius 3 is 2.32 bits per heavy atom. The van der Waals surface area contributed by atoms with E-state index in [1.165, 1.54) is 0 Å². The summed E-state index contributed by atoms with van der Waals surface area (Å²) in [6.07, 6.45) is 0.616. The second-order valence-corrected chi connectivity index (χ2v) is 5.89. The van der Waals surface area contributed by atoms with E-state index in [-0.39, 0.29) is 0 Å². The normalized spacial score (nSPS) is 14.4. The molecule has 2 N–H and O–H groups in total. The van der Waals surface area contributed by atoms with Gasteiger partial charge in [-0.3, -0.25) is 4.68 Å². The number of aromatic nitrogens is 2. The van der Waals surface area contributed by atoms with Gasteiger partial charge in [0.1, 0.15) is 0 Å². The Labute approximate surface area is 123 Å². The van der Waals surface area contributed by atoms with Crippen LogP contribution in [0.1, 0.15) is 23.9 Å². The number of nitrogens with zero attached hydrogens (tertiary/aromatic N) is 2. The average molecular weight is 298 g/mol. The van der Waals surface area contributed by atoms with Gasteiger partial charge in [-0.1, -0.05) is 35.3 Å². The van der Waals surface area contributed by atoms with Crippen molar-refractivity contribution in [3.8, 4) is 0 Å². The second-order valence-electron chi connectivity index (χ2n) is 5.07. The molecule has 0 saturated heterocycles. The van der Waals surface area contributed by atoms with Gasteiger partial charge < -0.3 is 5.73 Å². The topological polar surface area (TPSA) is 43.8 Å². The molecule has 0 bridgehead atoms. The summed E-state index contributed by atoms with van der Waals surface area (Å²) in [5, 5.41) is 5.70. The molecule has 0 radical (unpaired) electrons. The Hall–Kier alpha value is -1.03. The first-order valence-corrected chi connectivity index (χ1v) is 6.80. The molecule has 1 atom stereocenters. The van der Waals surface area contributed by atoms with Crippen molar-refractivity contribution in [1.82, 2.24) is 9.78 Å². The maximum atomic E-state index is 6.42. The lowest BCUT2D eigenvalue weighted by molar-refractivity contribution is 0.472. The average Bonchev–Trinajstić information content (AvgIpc) is 2.56. The molecule has 2 rings (SSSR count). The molecule has 102 valence electrons. The third kappa shape index (κ3) is 2.94. The van der Waals surface area contributed by atoms with E-state index in [0.717, 1.165) is 17.0 Å². The van der Waals surface area contributed by atoms with E-state index in [0.29, 0.717) is 16.5 Å². The molecular weight excluding hydrogens is 281 g/mol. The maximum absolute atomic E-state index is 6.42. The van der Waals surface area contributed by atoms with Crippen molar-refractivity contribution in [3.63, 3.8) is 0 Å². The van der Waals surface area contributed by atoms with Crippen molar-refractivity contribution in [3.05, 3.63) is 51.3 Å². The predicted octanol–water partition coefficient (Wildman–Crippen LogP) is 3.45. The molecule has 5 heteroatoms. The SMILES string of the molecule is Cc1nn(C)c(CC(C)(N)c2ccc(Cl)cc2)c1Cl. The van der Waals surface area contributed by atoms with Gasteiger partial charge in [0.05, 0.1) is 16.4 Å². The molecule has 1 aromatic carbocycles. The van der Waals surface area contributed by atoms with Crippen LogP contribution in [0.5, 0.6) is 0 Å². The molecule has 3 nitrogen and oxygen atoms in total. The van der Waals surface area contributed by atoms with E-state index < -0.39 is 5.54 Å². The van der Waals surface area contributed by atoms with Crippen LogP contribution in [-0.2, 0) is 19.0 Å². The summed E-state index contributed by atoms with van der Waals surface area (Å²) in [6.45, 7) is 3.87. The Kier molecular flexibility index (Phi) is 3.90. The van der Waals surface area contributed by atoms with Gasteiger partial charge in [0, 0.05) is 24.0 Å². The first kappa shape index (κ1) is 14.4. The minimum absolute atomic E-state index is 0.519. The number of aryl methyl sites for hydroxylation is 2. The van der Waals surface area contributed by atoms with Crippen molar-refractivity contribution in [2.75, 3.05) is 0 Å². The molecule has 1 unspecified atom stereocenters.